The third kappa shape index (κ3) is 6.12. The van der Waals surface area contributed by atoms with Crippen LogP contribution in [-0.2, 0) is 21.4 Å². The summed E-state index contributed by atoms with van der Waals surface area (Å²) in [5.74, 6) is -0.348. The van der Waals surface area contributed by atoms with Gasteiger partial charge in [-0.15, -0.1) is 0 Å². The molecule has 0 aliphatic rings. The van der Waals surface area contributed by atoms with Gasteiger partial charge in [0.1, 0.15) is 17.2 Å². The number of rotatable bonds is 8. The van der Waals surface area contributed by atoms with E-state index in [1.54, 1.807) is 49.4 Å². The summed E-state index contributed by atoms with van der Waals surface area (Å²) in [5, 5.41) is 4.01. The molecule has 0 saturated heterocycles. The van der Waals surface area contributed by atoms with Gasteiger partial charge in [0.15, 0.2) is 0 Å². The molecule has 6 nitrogen and oxygen atoms in total. The Morgan fingerprint density at radius 2 is 1.64 bits per heavy atom. The van der Waals surface area contributed by atoms with Gasteiger partial charge in [-0.1, -0.05) is 46.9 Å². The van der Waals surface area contributed by atoms with Crippen molar-refractivity contribution >= 4 is 56.4 Å². The molecule has 1 amide bonds. The van der Waals surface area contributed by atoms with Crippen LogP contribution in [0.3, 0.4) is 0 Å². The molecule has 33 heavy (non-hydrogen) atoms. The predicted octanol–water partition coefficient (Wildman–Crippen LogP) is 5.48. The number of anilines is 1. The average molecular weight is 528 g/mol. The number of sulfonamides is 1. The SMILES string of the molecule is COc1ccc(C)cc1S(=O)(=O)N(CC(=O)NCc1ccc(Cl)cc1Cl)c1ccc(Cl)cc1. The molecule has 0 saturated carbocycles. The number of aryl methyl sites for hydroxylation is 1. The quantitative estimate of drug-likeness (QED) is 0.421. The van der Waals surface area contributed by atoms with Gasteiger partial charge in [-0.2, -0.15) is 0 Å². The standard InChI is InChI=1S/C23H21Cl3N2O4S/c1-15-3-10-21(32-2)22(11-15)33(30,31)28(19-8-6-17(24)7-9-19)14-23(29)27-13-16-4-5-18(25)12-20(16)26/h3-12H,13-14H2,1-2H3,(H,27,29). The Morgan fingerprint density at radius 3 is 2.27 bits per heavy atom. The summed E-state index contributed by atoms with van der Waals surface area (Å²) in [5.41, 5.74) is 1.66. The smallest absolute Gasteiger partial charge is 0.268 e. The van der Waals surface area contributed by atoms with Crippen LogP contribution in [0, 0.1) is 6.92 Å². The fraction of sp³-hybridized carbons (Fsp3) is 0.174. The number of ether oxygens (including phenoxy) is 1. The van der Waals surface area contributed by atoms with E-state index in [0.717, 1.165) is 9.87 Å². The van der Waals surface area contributed by atoms with Gasteiger partial charge in [-0.25, -0.2) is 8.42 Å². The molecule has 3 rings (SSSR count). The molecule has 0 fully saturated rings. The Hall–Kier alpha value is -2.45. The van der Waals surface area contributed by atoms with Crippen molar-refractivity contribution in [3.8, 4) is 5.75 Å². The maximum atomic E-state index is 13.6. The van der Waals surface area contributed by atoms with E-state index in [9.17, 15) is 13.2 Å². The van der Waals surface area contributed by atoms with Gasteiger partial charge in [0.2, 0.25) is 5.91 Å². The highest BCUT2D eigenvalue weighted by Gasteiger charge is 2.30. The summed E-state index contributed by atoms with van der Waals surface area (Å²) in [4.78, 5) is 12.8. The third-order valence-corrected chi connectivity index (χ3v) is 7.41. The van der Waals surface area contributed by atoms with Gasteiger partial charge in [-0.3, -0.25) is 9.10 Å². The van der Waals surface area contributed by atoms with E-state index in [0.29, 0.717) is 20.6 Å². The van der Waals surface area contributed by atoms with E-state index in [1.807, 2.05) is 0 Å². The molecule has 0 aromatic heterocycles. The molecule has 3 aromatic carbocycles. The number of carbonyl (C=O) groups excluding carboxylic acids is 1. The van der Waals surface area contributed by atoms with Crippen LogP contribution in [0.15, 0.2) is 65.6 Å². The van der Waals surface area contributed by atoms with Crippen molar-refractivity contribution < 1.29 is 17.9 Å². The van der Waals surface area contributed by atoms with Crippen molar-refractivity contribution in [1.29, 1.82) is 0 Å². The first-order valence-corrected chi connectivity index (χ1v) is 12.3. The first-order valence-electron chi connectivity index (χ1n) is 9.75. The molecular weight excluding hydrogens is 507 g/mol. The Morgan fingerprint density at radius 1 is 0.970 bits per heavy atom. The summed E-state index contributed by atoms with van der Waals surface area (Å²) in [6, 6.07) is 15.9. The Labute approximate surface area is 208 Å². The summed E-state index contributed by atoms with van der Waals surface area (Å²) in [7, 11) is -2.78. The Balaban J connectivity index is 1.92. The first-order chi connectivity index (χ1) is 15.6. The van der Waals surface area contributed by atoms with Crippen LogP contribution in [-0.4, -0.2) is 28.0 Å². The molecule has 174 valence electrons. The number of amides is 1. The highest BCUT2D eigenvalue weighted by Crippen LogP contribution is 2.31. The molecule has 0 atom stereocenters. The minimum atomic E-state index is -4.16. The van der Waals surface area contributed by atoms with Crippen LogP contribution >= 0.6 is 34.8 Å². The second kappa shape index (κ2) is 10.7. The number of benzene rings is 3. The van der Waals surface area contributed by atoms with E-state index in [1.165, 1.54) is 25.3 Å². The fourth-order valence-corrected chi connectivity index (χ4v) is 5.34. The zero-order valence-corrected chi connectivity index (χ0v) is 20.9. The second-order valence-corrected chi connectivity index (χ2v) is 10.3. The number of methoxy groups -OCH3 is 1. The normalized spacial score (nSPS) is 11.2. The number of carbonyl (C=O) groups is 1. The number of halogens is 3. The number of hydrogen-bond donors (Lipinski definition) is 1. The molecule has 0 heterocycles. The lowest BCUT2D eigenvalue weighted by Crippen LogP contribution is -2.40. The molecule has 0 spiro atoms. The fourth-order valence-electron chi connectivity index (χ4n) is 3.07. The predicted molar refractivity (Wildman–Crippen MR) is 132 cm³/mol. The minimum absolute atomic E-state index is 0.0477. The number of nitrogens with one attached hydrogen (secondary N) is 1. The number of hydrogen-bond acceptors (Lipinski definition) is 4. The minimum Gasteiger partial charge on any atom is -0.495 e. The van der Waals surface area contributed by atoms with Crippen molar-refractivity contribution in [2.75, 3.05) is 18.0 Å². The van der Waals surface area contributed by atoms with Crippen molar-refractivity contribution in [2.45, 2.75) is 18.4 Å². The lowest BCUT2D eigenvalue weighted by Gasteiger charge is -2.25. The monoisotopic (exact) mass is 526 g/mol. The van der Waals surface area contributed by atoms with Crippen LogP contribution in [0.4, 0.5) is 5.69 Å². The second-order valence-electron chi connectivity index (χ2n) is 7.15. The zero-order chi connectivity index (χ0) is 24.2. The maximum absolute atomic E-state index is 13.6. The summed E-state index contributed by atoms with van der Waals surface area (Å²) >= 11 is 18.0. The molecular formula is C23H21Cl3N2O4S. The van der Waals surface area contributed by atoms with Gasteiger partial charge in [0.25, 0.3) is 10.0 Å². The molecule has 0 radical (unpaired) electrons. The van der Waals surface area contributed by atoms with Crippen LogP contribution in [0.5, 0.6) is 5.75 Å². The first kappa shape index (κ1) is 25.2. The Kier molecular flexibility index (Phi) is 8.13. The summed E-state index contributed by atoms with van der Waals surface area (Å²) in [6.45, 7) is 1.41. The Bertz CT molecular complexity index is 1270. The van der Waals surface area contributed by atoms with Gasteiger partial charge in [-0.05, 0) is 66.6 Å². The van der Waals surface area contributed by atoms with Crippen molar-refractivity contribution in [1.82, 2.24) is 5.32 Å². The highest BCUT2D eigenvalue weighted by molar-refractivity contribution is 7.93. The highest BCUT2D eigenvalue weighted by atomic mass is 35.5. The maximum Gasteiger partial charge on any atom is 0.268 e. The lowest BCUT2D eigenvalue weighted by molar-refractivity contribution is -0.119. The van der Waals surface area contributed by atoms with Crippen molar-refractivity contribution in [3.63, 3.8) is 0 Å². The van der Waals surface area contributed by atoms with Crippen LogP contribution in [0.2, 0.25) is 15.1 Å². The van der Waals surface area contributed by atoms with Crippen molar-refractivity contribution in [2.24, 2.45) is 0 Å². The van der Waals surface area contributed by atoms with Gasteiger partial charge in [0.05, 0.1) is 12.8 Å². The van der Waals surface area contributed by atoms with Crippen LogP contribution in [0.1, 0.15) is 11.1 Å². The molecule has 0 bridgehead atoms. The molecule has 3 aromatic rings. The van der Waals surface area contributed by atoms with Gasteiger partial charge in [0, 0.05) is 21.6 Å². The van der Waals surface area contributed by atoms with Crippen LogP contribution < -0.4 is 14.4 Å². The van der Waals surface area contributed by atoms with E-state index in [2.05, 4.69) is 5.32 Å². The topological polar surface area (TPSA) is 75.7 Å². The van der Waals surface area contributed by atoms with Crippen LogP contribution in [0.25, 0.3) is 0 Å². The number of nitrogens with zero attached hydrogens (tertiary/aromatic N) is 1. The van der Waals surface area contributed by atoms with E-state index < -0.39 is 22.5 Å². The largest absolute Gasteiger partial charge is 0.495 e. The molecule has 0 aliphatic carbocycles. The van der Waals surface area contributed by atoms with Crippen molar-refractivity contribution in [3.05, 3.63) is 86.9 Å². The molecule has 10 heteroatoms. The molecule has 0 aliphatic heterocycles. The van der Waals surface area contributed by atoms with E-state index in [4.69, 9.17) is 39.5 Å². The zero-order valence-electron chi connectivity index (χ0n) is 17.8. The summed E-state index contributed by atoms with van der Waals surface area (Å²) in [6.07, 6.45) is 0. The lowest BCUT2D eigenvalue weighted by atomic mass is 10.2. The van der Waals surface area contributed by atoms with Gasteiger partial charge >= 0.3 is 0 Å². The molecule has 1 N–H and O–H groups in total. The average Bonchev–Trinajstić information content (AvgIpc) is 2.77. The van der Waals surface area contributed by atoms with E-state index >= 15 is 0 Å². The summed E-state index contributed by atoms with van der Waals surface area (Å²) < 4.78 is 33.6. The van der Waals surface area contributed by atoms with E-state index in [-0.39, 0.29) is 22.9 Å². The third-order valence-electron chi connectivity index (χ3n) is 4.78. The molecule has 0 unspecified atom stereocenters. The van der Waals surface area contributed by atoms with Gasteiger partial charge < -0.3 is 10.1 Å².